The lowest BCUT2D eigenvalue weighted by Crippen LogP contribution is -2.36. The van der Waals surface area contributed by atoms with Gasteiger partial charge in [-0.25, -0.2) is 4.39 Å². The first-order valence-electron chi connectivity index (χ1n) is 6.33. The normalized spacial score (nSPS) is 16.1. The van der Waals surface area contributed by atoms with Gasteiger partial charge < -0.3 is 5.32 Å². The third kappa shape index (κ3) is 3.27. The Hall–Kier alpha value is -1.98. The number of non-ortho nitro benzene ring substituents is 1. The predicted molar refractivity (Wildman–Crippen MR) is 67.4 cm³/mol. The molecule has 6 heteroatoms. The average Bonchev–Trinajstić information content (AvgIpc) is 2.40. The van der Waals surface area contributed by atoms with Crippen molar-refractivity contribution in [1.29, 1.82) is 0 Å². The zero-order chi connectivity index (χ0) is 13.8. The number of hydrogen-bond acceptors (Lipinski definition) is 3. The quantitative estimate of drug-likeness (QED) is 0.675. The molecule has 1 aromatic rings. The van der Waals surface area contributed by atoms with Crippen molar-refractivity contribution >= 4 is 11.6 Å². The summed E-state index contributed by atoms with van der Waals surface area (Å²) in [6.45, 7) is 0. The first kappa shape index (κ1) is 13.5. The molecule has 0 aromatic heterocycles. The van der Waals surface area contributed by atoms with Crippen LogP contribution in [0.4, 0.5) is 10.1 Å². The maximum absolute atomic E-state index is 13.6. The molecular formula is C13H15FN2O3. The summed E-state index contributed by atoms with van der Waals surface area (Å²) in [5, 5.41) is 13.4. The van der Waals surface area contributed by atoms with E-state index in [1.54, 1.807) is 0 Å². The third-order valence-corrected chi connectivity index (χ3v) is 3.35. The van der Waals surface area contributed by atoms with E-state index >= 15 is 0 Å². The molecule has 1 fully saturated rings. The molecule has 5 nitrogen and oxygen atoms in total. The van der Waals surface area contributed by atoms with Gasteiger partial charge in [0.05, 0.1) is 10.5 Å². The van der Waals surface area contributed by atoms with Crippen molar-refractivity contribution in [2.75, 3.05) is 0 Å². The molecule has 0 saturated heterocycles. The predicted octanol–water partition coefficient (Wildman–Crippen LogP) is 2.80. The van der Waals surface area contributed by atoms with Crippen LogP contribution >= 0.6 is 0 Å². The number of nitrogens with zero attached hydrogens (tertiary/aromatic N) is 1. The van der Waals surface area contributed by atoms with Crippen LogP contribution in [0.5, 0.6) is 0 Å². The molecule has 0 radical (unpaired) electrons. The summed E-state index contributed by atoms with van der Waals surface area (Å²) in [7, 11) is 0. The van der Waals surface area contributed by atoms with Crippen molar-refractivity contribution in [3.63, 3.8) is 0 Å². The molecule has 1 saturated carbocycles. The Kier molecular flexibility index (Phi) is 4.09. The van der Waals surface area contributed by atoms with Gasteiger partial charge in [0, 0.05) is 18.2 Å². The SMILES string of the molecule is O=C(NC1CCCCC1)c1cc([N+](=O)[O-])ccc1F. The van der Waals surface area contributed by atoms with Crippen LogP contribution in [0, 0.1) is 15.9 Å². The lowest BCUT2D eigenvalue weighted by Gasteiger charge is -2.22. The summed E-state index contributed by atoms with van der Waals surface area (Å²) in [5.74, 6) is -1.31. The van der Waals surface area contributed by atoms with Gasteiger partial charge in [-0.1, -0.05) is 19.3 Å². The van der Waals surface area contributed by atoms with E-state index in [4.69, 9.17) is 0 Å². The fourth-order valence-electron chi connectivity index (χ4n) is 2.31. The van der Waals surface area contributed by atoms with E-state index in [2.05, 4.69) is 5.32 Å². The molecule has 0 aliphatic heterocycles. The highest BCUT2D eigenvalue weighted by atomic mass is 19.1. The molecule has 0 spiro atoms. The van der Waals surface area contributed by atoms with Crippen molar-refractivity contribution in [2.45, 2.75) is 38.1 Å². The molecule has 19 heavy (non-hydrogen) atoms. The zero-order valence-corrected chi connectivity index (χ0v) is 10.4. The topological polar surface area (TPSA) is 72.2 Å². The number of benzene rings is 1. The van der Waals surface area contributed by atoms with E-state index in [1.165, 1.54) is 0 Å². The van der Waals surface area contributed by atoms with E-state index < -0.39 is 16.6 Å². The van der Waals surface area contributed by atoms with E-state index in [1.807, 2.05) is 0 Å². The first-order valence-corrected chi connectivity index (χ1v) is 6.33. The van der Waals surface area contributed by atoms with Gasteiger partial charge in [-0.15, -0.1) is 0 Å². The van der Waals surface area contributed by atoms with Crippen LogP contribution in [0.25, 0.3) is 0 Å². The summed E-state index contributed by atoms with van der Waals surface area (Å²) in [6, 6.07) is 3.02. The minimum atomic E-state index is -0.737. The molecule has 2 rings (SSSR count). The number of halogens is 1. The van der Waals surface area contributed by atoms with Crippen LogP contribution in [-0.4, -0.2) is 16.9 Å². The van der Waals surface area contributed by atoms with E-state index in [9.17, 15) is 19.3 Å². The molecule has 1 N–H and O–H groups in total. The van der Waals surface area contributed by atoms with E-state index in [0.29, 0.717) is 0 Å². The highest BCUT2D eigenvalue weighted by Gasteiger charge is 2.21. The number of carbonyl (C=O) groups is 1. The molecular weight excluding hydrogens is 251 g/mol. The Bertz CT molecular complexity index is 499. The lowest BCUT2D eigenvalue weighted by molar-refractivity contribution is -0.384. The summed E-state index contributed by atoms with van der Waals surface area (Å²) >= 11 is 0. The Morgan fingerprint density at radius 3 is 2.63 bits per heavy atom. The summed E-state index contributed by atoms with van der Waals surface area (Å²) < 4.78 is 13.6. The second-order valence-corrected chi connectivity index (χ2v) is 4.73. The van der Waals surface area contributed by atoms with E-state index in [0.717, 1.165) is 50.3 Å². The maximum atomic E-state index is 13.6. The Morgan fingerprint density at radius 1 is 1.32 bits per heavy atom. The van der Waals surface area contributed by atoms with Crippen molar-refractivity contribution < 1.29 is 14.1 Å². The van der Waals surface area contributed by atoms with Gasteiger partial charge in [0.25, 0.3) is 11.6 Å². The van der Waals surface area contributed by atoms with Gasteiger partial charge in [0.1, 0.15) is 5.82 Å². The second kappa shape index (κ2) is 5.77. The lowest BCUT2D eigenvalue weighted by atomic mass is 9.95. The number of nitrogens with one attached hydrogen (secondary N) is 1. The molecule has 102 valence electrons. The number of nitro groups is 1. The number of nitro benzene ring substituents is 1. The smallest absolute Gasteiger partial charge is 0.270 e. The van der Waals surface area contributed by atoms with Gasteiger partial charge in [0.2, 0.25) is 0 Å². The number of carbonyl (C=O) groups excluding carboxylic acids is 1. The average molecular weight is 266 g/mol. The Balaban J connectivity index is 2.13. The van der Waals surface area contributed by atoms with Crippen LogP contribution in [0.2, 0.25) is 0 Å². The summed E-state index contributed by atoms with van der Waals surface area (Å²) in [6.07, 6.45) is 4.99. The Labute approximate surface area is 110 Å². The zero-order valence-electron chi connectivity index (χ0n) is 10.4. The van der Waals surface area contributed by atoms with Gasteiger partial charge >= 0.3 is 0 Å². The molecule has 1 aliphatic carbocycles. The largest absolute Gasteiger partial charge is 0.349 e. The van der Waals surface area contributed by atoms with Crippen LogP contribution in [-0.2, 0) is 0 Å². The molecule has 0 bridgehead atoms. The van der Waals surface area contributed by atoms with Gasteiger partial charge in [0.15, 0.2) is 0 Å². The van der Waals surface area contributed by atoms with Gasteiger partial charge in [-0.05, 0) is 18.9 Å². The molecule has 1 aliphatic rings. The molecule has 0 unspecified atom stereocenters. The van der Waals surface area contributed by atoms with Gasteiger partial charge in [-0.3, -0.25) is 14.9 Å². The maximum Gasteiger partial charge on any atom is 0.270 e. The van der Waals surface area contributed by atoms with Crippen molar-refractivity contribution in [1.82, 2.24) is 5.32 Å². The summed E-state index contributed by atoms with van der Waals surface area (Å²) in [5.41, 5.74) is -0.546. The van der Waals surface area contributed by atoms with Crippen LogP contribution < -0.4 is 5.32 Å². The molecule has 1 aromatic carbocycles. The highest BCUT2D eigenvalue weighted by molar-refractivity contribution is 5.95. The van der Waals surface area contributed by atoms with Gasteiger partial charge in [-0.2, -0.15) is 0 Å². The number of amides is 1. The van der Waals surface area contributed by atoms with Crippen molar-refractivity contribution in [3.8, 4) is 0 Å². The van der Waals surface area contributed by atoms with E-state index in [-0.39, 0.29) is 17.3 Å². The fourth-order valence-corrected chi connectivity index (χ4v) is 2.31. The minimum Gasteiger partial charge on any atom is -0.349 e. The van der Waals surface area contributed by atoms with Crippen molar-refractivity contribution in [3.05, 3.63) is 39.7 Å². The fraction of sp³-hybridized carbons (Fsp3) is 0.462. The molecule has 0 atom stereocenters. The third-order valence-electron chi connectivity index (χ3n) is 3.35. The first-order chi connectivity index (χ1) is 9.08. The van der Waals surface area contributed by atoms with Crippen LogP contribution in [0.15, 0.2) is 18.2 Å². The second-order valence-electron chi connectivity index (χ2n) is 4.73. The van der Waals surface area contributed by atoms with Crippen LogP contribution in [0.1, 0.15) is 42.5 Å². The number of hydrogen-bond donors (Lipinski definition) is 1. The molecule has 0 heterocycles. The Morgan fingerprint density at radius 2 is 2.00 bits per heavy atom. The minimum absolute atomic E-state index is 0.0416. The standard InChI is InChI=1S/C13H15FN2O3/c14-12-7-6-10(16(18)19)8-11(12)13(17)15-9-4-2-1-3-5-9/h6-9H,1-5H2,(H,15,17). The monoisotopic (exact) mass is 266 g/mol. The summed E-state index contributed by atoms with van der Waals surface area (Å²) in [4.78, 5) is 21.9. The molecule has 1 amide bonds. The number of rotatable bonds is 3. The highest BCUT2D eigenvalue weighted by Crippen LogP contribution is 2.20. The van der Waals surface area contributed by atoms with Crippen molar-refractivity contribution in [2.24, 2.45) is 0 Å². The van der Waals surface area contributed by atoms with Crippen LogP contribution in [0.3, 0.4) is 0 Å².